The van der Waals surface area contributed by atoms with Gasteiger partial charge in [0.1, 0.15) is 0 Å². The summed E-state index contributed by atoms with van der Waals surface area (Å²) in [5, 5.41) is 17.2. The van der Waals surface area contributed by atoms with Gasteiger partial charge in [-0.15, -0.1) is 0 Å². The van der Waals surface area contributed by atoms with E-state index in [1.165, 1.54) is 0 Å². The Hall–Kier alpha value is -1.10. The highest BCUT2D eigenvalue weighted by atomic mass is 16.4. The molecule has 0 spiro atoms. The van der Waals surface area contributed by atoms with Gasteiger partial charge in [-0.1, -0.05) is 0 Å². The number of aliphatic hydroxyl groups is 1. The number of carboxylic acids is 1. The monoisotopic (exact) mass is 245 g/mol. The maximum Gasteiger partial charge on any atom is 0.303 e. The van der Waals surface area contributed by atoms with Crippen LogP contribution in [0, 0.1) is 0 Å². The number of carbonyl (C=O) groups is 2. The average molecular weight is 245 g/mol. The van der Waals surface area contributed by atoms with E-state index in [1.807, 2.05) is 13.8 Å². The molecule has 0 aliphatic heterocycles. The maximum absolute atomic E-state index is 11.8. The van der Waals surface area contributed by atoms with E-state index in [1.54, 1.807) is 4.90 Å². The van der Waals surface area contributed by atoms with Gasteiger partial charge in [0, 0.05) is 32.0 Å². The van der Waals surface area contributed by atoms with Gasteiger partial charge in [0.05, 0.1) is 0 Å². The summed E-state index contributed by atoms with van der Waals surface area (Å²) in [6.07, 6.45) is 2.22. The Morgan fingerprint density at radius 3 is 2.18 bits per heavy atom. The lowest BCUT2D eigenvalue weighted by Crippen LogP contribution is -2.37. The van der Waals surface area contributed by atoms with Crippen molar-refractivity contribution in [2.45, 2.75) is 52.0 Å². The highest BCUT2D eigenvalue weighted by Gasteiger charge is 2.15. The number of amides is 1. The lowest BCUT2D eigenvalue weighted by Gasteiger charge is -2.26. The van der Waals surface area contributed by atoms with Crippen LogP contribution in [0.25, 0.3) is 0 Å². The molecule has 0 unspecified atom stereocenters. The van der Waals surface area contributed by atoms with E-state index < -0.39 is 5.97 Å². The molecule has 2 N–H and O–H groups in total. The van der Waals surface area contributed by atoms with Crippen molar-refractivity contribution in [2.75, 3.05) is 13.2 Å². The molecule has 0 aliphatic rings. The van der Waals surface area contributed by atoms with E-state index in [2.05, 4.69) is 0 Å². The third-order valence-electron chi connectivity index (χ3n) is 2.53. The highest BCUT2D eigenvalue weighted by Crippen LogP contribution is 2.07. The van der Waals surface area contributed by atoms with Crippen LogP contribution in [0.4, 0.5) is 0 Å². The third-order valence-corrected chi connectivity index (χ3v) is 2.53. The first-order valence-corrected chi connectivity index (χ1v) is 6.11. The summed E-state index contributed by atoms with van der Waals surface area (Å²) in [6.45, 7) is 4.51. The molecular formula is C12H23NO4. The Kier molecular flexibility index (Phi) is 8.40. The number of carboxylic acid groups (broad SMARTS) is 1. The van der Waals surface area contributed by atoms with Crippen molar-refractivity contribution >= 4 is 11.9 Å². The van der Waals surface area contributed by atoms with Crippen LogP contribution in [-0.2, 0) is 9.59 Å². The molecule has 17 heavy (non-hydrogen) atoms. The lowest BCUT2D eigenvalue weighted by atomic mass is 10.1. The summed E-state index contributed by atoms with van der Waals surface area (Å²) in [6, 6.07) is 0.119. The van der Waals surface area contributed by atoms with Crippen molar-refractivity contribution in [3.63, 3.8) is 0 Å². The smallest absolute Gasteiger partial charge is 0.303 e. The van der Waals surface area contributed by atoms with Crippen LogP contribution in [0.1, 0.15) is 46.0 Å². The van der Waals surface area contributed by atoms with Crippen molar-refractivity contribution in [3.05, 3.63) is 0 Å². The predicted molar refractivity (Wildman–Crippen MR) is 64.7 cm³/mol. The lowest BCUT2D eigenvalue weighted by molar-refractivity contribution is -0.138. The molecule has 0 aromatic carbocycles. The summed E-state index contributed by atoms with van der Waals surface area (Å²) >= 11 is 0. The van der Waals surface area contributed by atoms with E-state index in [0.29, 0.717) is 32.2 Å². The summed E-state index contributed by atoms with van der Waals surface area (Å²) in [5.41, 5.74) is 0. The number of aliphatic carboxylic acids is 1. The molecule has 0 atom stereocenters. The fourth-order valence-corrected chi connectivity index (χ4v) is 1.61. The molecule has 0 saturated heterocycles. The second-order valence-electron chi connectivity index (χ2n) is 4.36. The Bertz CT molecular complexity index is 241. The fraction of sp³-hybridized carbons (Fsp3) is 0.833. The van der Waals surface area contributed by atoms with Crippen molar-refractivity contribution in [2.24, 2.45) is 0 Å². The minimum Gasteiger partial charge on any atom is -0.481 e. The van der Waals surface area contributed by atoms with E-state index in [-0.39, 0.29) is 25.0 Å². The van der Waals surface area contributed by atoms with E-state index in [9.17, 15) is 9.59 Å². The van der Waals surface area contributed by atoms with Gasteiger partial charge in [-0.05, 0) is 33.1 Å². The van der Waals surface area contributed by atoms with E-state index in [0.717, 1.165) is 0 Å². The van der Waals surface area contributed by atoms with Gasteiger partial charge in [-0.25, -0.2) is 0 Å². The van der Waals surface area contributed by atoms with Gasteiger partial charge in [0.15, 0.2) is 0 Å². The minimum absolute atomic E-state index is 0.0406. The first-order chi connectivity index (χ1) is 7.99. The second kappa shape index (κ2) is 8.98. The van der Waals surface area contributed by atoms with E-state index in [4.69, 9.17) is 10.2 Å². The van der Waals surface area contributed by atoms with Crippen LogP contribution in [-0.4, -0.2) is 46.2 Å². The van der Waals surface area contributed by atoms with Crippen LogP contribution < -0.4 is 0 Å². The van der Waals surface area contributed by atoms with Crippen molar-refractivity contribution in [3.8, 4) is 0 Å². The van der Waals surface area contributed by atoms with Crippen LogP contribution >= 0.6 is 0 Å². The maximum atomic E-state index is 11.8. The number of rotatable bonds is 9. The molecule has 0 fully saturated rings. The number of aliphatic hydroxyl groups excluding tert-OH is 1. The van der Waals surface area contributed by atoms with Crippen LogP contribution in [0.15, 0.2) is 0 Å². The molecule has 0 heterocycles. The molecule has 5 heteroatoms. The van der Waals surface area contributed by atoms with Crippen LogP contribution in [0.5, 0.6) is 0 Å². The molecule has 0 bridgehead atoms. The molecule has 0 aromatic rings. The molecule has 0 rings (SSSR count). The van der Waals surface area contributed by atoms with Crippen molar-refractivity contribution in [1.82, 2.24) is 4.90 Å². The van der Waals surface area contributed by atoms with Crippen LogP contribution in [0.3, 0.4) is 0 Å². The third kappa shape index (κ3) is 7.74. The zero-order chi connectivity index (χ0) is 13.3. The number of nitrogens with zero attached hydrogens (tertiary/aromatic N) is 1. The quantitative estimate of drug-likeness (QED) is 0.599. The summed E-state index contributed by atoms with van der Waals surface area (Å²) < 4.78 is 0. The Balaban J connectivity index is 3.93. The van der Waals surface area contributed by atoms with Crippen molar-refractivity contribution in [1.29, 1.82) is 0 Å². The molecule has 0 aromatic heterocycles. The van der Waals surface area contributed by atoms with Crippen LogP contribution in [0.2, 0.25) is 0 Å². The number of carbonyl (C=O) groups excluding carboxylic acids is 1. The number of hydrogen-bond acceptors (Lipinski definition) is 3. The predicted octanol–water partition coefficient (Wildman–Crippen LogP) is 1.25. The molecule has 100 valence electrons. The topological polar surface area (TPSA) is 77.8 Å². The Morgan fingerprint density at radius 1 is 1.12 bits per heavy atom. The molecule has 0 radical (unpaired) electrons. The SMILES string of the molecule is CC(C)N(CCCO)C(=O)CCCCC(=O)O. The van der Waals surface area contributed by atoms with Gasteiger partial charge in [-0.2, -0.15) is 0 Å². The Labute approximate surface area is 102 Å². The molecule has 5 nitrogen and oxygen atoms in total. The summed E-state index contributed by atoms with van der Waals surface area (Å²) in [7, 11) is 0. The van der Waals surface area contributed by atoms with Gasteiger partial charge in [-0.3, -0.25) is 9.59 Å². The summed E-state index contributed by atoms with van der Waals surface area (Å²) in [5.74, 6) is -0.780. The second-order valence-corrected chi connectivity index (χ2v) is 4.36. The number of hydrogen-bond donors (Lipinski definition) is 2. The molecule has 0 saturated carbocycles. The van der Waals surface area contributed by atoms with Crippen molar-refractivity contribution < 1.29 is 19.8 Å². The minimum atomic E-state index is -0.821. The molecular weight excluding hydrogens is 222 g/mol. The standard InChI is InChI=1S/C12H23NO4/c1-10(2)13(8-5-9-14)11(15)6-3-4-7-12(16)17/h10,14H,3-9H2,1-2H3,(H,16,17). The zero-order valence-electron chi connectivity index (χ0n) is 10.7. The van der Waals surface area contributed by atoms with E-state index >= 15 is 0 Å². The van der Waals surface area contributed by atoms with Gasteiger partial charge >= 0.3 is 5.97 Å². The summed E-state index contributed by atoms with van der Waals surface area (Å²) in [4.78, 5) is 23.9. The molecule has 0 aliphatic carbocycles. The van der Waals surface area contributed by atoms with Gasteiger partial charge < -0.3 is 15.1 Å². The van der Waals surface area contributed by atoms with Gasteiger partial charge in [0.25, 0.3) is 0 Å². The normalized spacial score (nSPS) is 10.6. The van der Waals surface area contributed by atoms with Gasteiger partial charge in [0.2, 0.25) is 5.91 Å². The molecule has 1 amide bonds. The largest absolute Gasteiger partial charge is 0.481 e. The first kappa shape index (κ1) is 15.9. The highest BCUT2D eigenvalue weighted by molar-refractivity contribution is 5.76. The fourth-order valence-electron chi connectivity index (χ4n) is 1.61. The zero-order valence-corrected chi connectivity index (χ0v) is 10.7. The average Bonchev–Trinajstić information content (AvgIpc) is 2.24. The first-order valence-electron chi connectivity index (χ1n) is 6.11. The Morgan fingerprint density at radius 2 is 1.71 bits per heavy atom. The number of unbranched alkanes of at least 4 members (excludes halogenated alkanes) is 1.